The predicted octanol–water partition coefficient (Wildman–Crippen LogP) is 4.31. The molecule has 1 N–H and O–H groups in total. The standard InChI is InChI=1S/C21H20BrIN2O4/c1-27-8-7-25-21(26)16(12-24)9-15-10-18(23)20(19(11-15)28-2)29-13-14-3-5-17(22)6-4-14/h3-6,9-11H,7-8,13H2,1-2H3,(H,25,26)/b16-9+. The minimum absolute atomic E-state index is 0.00230. The van der Waals surface area contributed by atoms with Crippen molar-refractivity contribution in [3.8, 4) is 17.6 Å². The van der Waals surface area contributed by atoms with E-state index in [-0.39, 0.29) is 5.57 Å². The van der Waals surface area contributed by atoms with Gasteiger partial charge in [-0.15, -0.1) is 0 Å². The van der Waals surface area contributed by atoms with Gasteiger partial charge in [-0.2, -0.15) is 5.26 Å². The van der Waals surface area contributed by atoms with Gasteiger partial charge in [0.05, 0.1) is 17.3 Å². The molecule has 0 spiro atoms. The Kier molecular flexibility index (Phi) is 9.44. The van der Waals surface area contributed by atoms with Crippen LogP contribution in [0.1, 0.15) is 11.1 Å². The molecule has 0 saturated carbocycles. The average molecular weight is 571 g/mol. The average Bonchev–Trinajstić information content (AvgIpc) is 2.72. The summed E-state index contributed by atoms with van der Waals surface area (Å²) in [5.74, 6) is 0.683. The third-order valence-corrected chi connectivity index (χ3v) is 5.15. The van der Waals surface area contributed by atoms with Crippen molar-refractivity contribution in [2.45, 2.75) is 6.61 Å². The van der Waals surface area contributed by atoms with Crippen LogP contribution in [-0.4, -0.2) is 33.3 Å². The number of nitriles is 1. The van der Waals surface area contributed by atoms with Crippen LogP contribution in [0.2, 0.25) is 0 Å². The molecule has 0 aliphatic carbocycles. The molecule has 0 aliphatic heterocycles. The molecule has 0 radical (unpaired) electrons. The van der Waals surface area contributed by atoms with Crippen LogP contribution >= 0.6 is 38.5 Å². The normalized spacial score (nSPS) is 10.9. The van der Waals surface area contributed by atoms with E-state index in [0.29, 0.717) is 36.8 Å². The van der Waals surface area contributed by atoms with E-state index in [9.17, 15) is 10.1 Å². The highest BCUT2D eigenvalue weighted by molar-refractivity contribution is 14.1. The maximum absolute atomic E-state index is 12.1. The Hall–Kier alpha value is -2.09. The summed E-state index contributed by atoms with van der Waals surface area (Å²) < 4.78 is 18.1. The van der Waals surface area contributed by atoms with Crippen molar-refractivity contribution in [2.24, 2.45) is 0 Å². The molecule has 0 aliphatic rings. The highest BCUT2D eigenvalue weighted by atomic mass is 127. The zero-order chi connectivity index (χ0) is 21.2. The number of halogens is 2. The van der Waals surface area contributed by atoms with Gasteiger partial charge in [0.25, 0.3) is 5.91 Å². The van der Waals surface area contributed by atoms with Crippen molar-refractivity contribution in [1.29, 1.82) is 5.26 Å². The largest absolute Gasteiger partial charge is 0.493 e. The van der Waals surface area contributed by atoms with Gasteiger partial charge >= 0.3 is 0 Å². The van der Waals surface area contributed by atoms with Crippen LogP contribution in [0.15, 0.2) is 46.4 Å². The fraction of sp³-hybridized carbons (Fsp3) is 0.238. The van der Waals surface area contributed by atoms with Crippen LogP contribution in [0.25, 0.3) is 6.08 Å². The van der Waals surface area contributed by atoms with Crippen LogP contribution < -0.4 is 14.8 Å². The van der Waals surface area contributed by atoms with Crippen molar-refractivity contribution in [1.82, 2.24) is 5.32 Å². The molecule has 0 unspecified atom stereocenters. The molecule has 29 heavy (non-hydrogen) atoms. The first kappa shape index (κ1) is 23.2. The van der Waals surface area contributed by atoms with Gasteiger partial charge in [0.2, 0.25) is 0 Å². The van der Waals surface area contributed by atoms with E-state index < -0.39 is 5.91 Å². The van der Waals surface area contributed by atoms with E-state index in [2.05, 4.69) is 43.8 Å². The number of ether oxygens (including phenoxy) is 3. The maximum Gasteiger partial charge on any atom is 0.262 e. The van der Waals surface area contributed by atoms with E-state index in [1.54, 1.807) is 20.3 Å². The molecule has 6 nitrogen and oxygen atoms in total. The second-order valence-corrected chi connectivity index (χ2v) is 7.95. The Morgan fingerprint density at radius 2 is 2.00 bits per heavy atom. The van der Waals surface area contributed by atoms with Crippen molar-refractivity contribution < 1.29 is 19.0 Å². The lowest BCUT2D eigenvalue weighted by atomic mass is 10.1. The number of carbonyl (C=O) groups excluding carboxylic acids is 1. The lowest BCUT2D eigenvalue weighted by Crippen LogP contribution is -2.27. The number of benzene rings is 2. The van der Waals surface area contributed by atoms with E-state index >= 15 is 0 Å². The first-order valence-electron chi connectivity index (χ1n) is 8.62. The highest BCUT2D eigenvalue weighted by Crippen LogP contribution is 2.35. The summed E-state index contributed by atoms with van der Waals surface area (Å²) in [6, 6.07) is 13.4. The zero-order valence-electron chi connectivity index (χ0n) is 16.0. The number of hydrogen-bond acceptors (Lipinski definition) is 5. The molecule has 2 aromatic rings. The minimum Gasteiger partial charge on any atom is -0.493 e. The van der Waals surface area contributed by atoms with Gasteiger partial charge in [0, 0.05) is 18.1 Å². The van der Waals surface area contributed by atoms with Crippen molar-refractivity contribution >= 4 is 50.5 Å². The number of nitrogens with one attached hydrogen (secondary N) is 1. The lowest BCUT2D eigenvalue weighted by molar-refractivity contribution is -0.117. The number of hydrogen-bond donors (Lipinski definition) is 1. The van der Waals surface area contributed by atoms with Crippen LogP contribution in [0.5, 0.6) is 11.5 Å². The summed E-state index contributed by atoms with van der Waals surface area (Å²) in [5.41, 5.74) is 1.69. The molecule has 152 valence electrons. The first-order valence-corrected chi connectivity index (χ1v) is 10.5. The second-order valence-electron chi connectivity index (χ2n) is 5.87. The van der Waals surface area contributed by atoms with E-state index in [4.69, 9.17) is 14.2 Å². The number of rotatable bonds is 9. The third-order valence-electron chi connectivity index (χ3n) is 3.82. The number of nitrogens with zero attached hydrogens (tertiary/aromatic N) is 1. The fourth-order valence-electron chi connectivity index (χ4n) is 2.38. The molecule has 0 heterocycles. The molecule has 2 rings (SSSR count). The van der Waals surface area contributed by atoms with E-state index in [1.165, 1.54) is 6.08 Å². The van der Waals surface area contributed by atoms with Crippen LogP contribution in [0.4, 0.5) is 0 Å². The monoisotopic (exact) mass is 570 g/mol. The molecular weight excluding hydrogens is 551 g/mol. The van der Waals surface area contributed by atoms with Gasteiger partial charge in [-0.05, 0) is 64.1 Å². The molecule has 8 heteroatoms. The summed E-state index contributed by atoms with van der Waals surface area (Å²) in [5, 5.41) is 12.0. The molecule has 0 bridgehead atoms. The first-order chi connectivity index (χ1) is 14.0. The smallest absolute Gasteiger partial charge is 0.262 e. The minimum atomic E-state index is -0.450. The quantitative estimate of drug-likeness (QED) is 0.210. The van der Waals surface area contributed by atoms with Gasteiger partial charge in [-0.25, -0.2) is 0 Å². The summed E-state index contributed by atoms with van der Waals surface area (Å²) in [4.78, 5) is 12.1. The summed E-state index contributed by atoms with van der Waals surface area (Å²) in [6.07, 6.45) is 1.52. The molecule has 0 aromatic heterocycles. The third kappa shape index (κ3) is 7.03. The van der Waals surface area contributed by atoms with Crippen LogP contribution in [-0.2, 0) is 16.1 Å². The van der Waals surface area contributed by atoms with Gasteiger partial charge in [-0.1, -0.05) is 28.1 Å². The number of methoxy groups -OCH3 is 2. The SMILES string of the molecule is COCCNC(=O)/C(C#N)=C/c1cc(I)c(OCc2ccc(Br)cc2)c(OC)c1. The Morgan fingerprint density at radius 3 is 2.62 bits per heavy atom. The van der Waals surface area contributed by atoms with Crippen molar-refractivity contribution in [3.05, 3.63) is 61.1 Å². The lowest BCUT2D eigenvalue weighted by Gasteiger charge is -2.14. The van der Waals surface area contributed by atoms with Gasteiger partial charge < -0.3 is 19.5 Å². The Labute approximate surface area is 192 Å². The molecule has 2 aromatic carbocycles. The molecule has 0 fully saturated rings. The number of amides is 1. The van der Waals surface area contributed by atoms with Gasteiger partial charge in [-0.3, -0.25) is 4.79 Å². The molecular formula is C21H20BrIN2O4. The van der Waals surface area contributed by atoms with Gasteiger partial charge in [0.15, 0.2) is 11.5 Å². The molecule has 1 amide bonds. The fourth-order valence-corrected chi connectivity index (χ4v) is 3.42. The predicted molar refractivity (Wildman–Crippen MR) is 123 cm³/mol. The van der Waals surface area contributed by atoms with Crippen molar-refractivity contribution in [3.63, 3.8) is 0 Å². The Morgan fingerprint density at radius 1 is 1.28 bits per heavy atom. The Bertz CT molecular complexity index is 924. The van der Waals surface area contributed by atoms with Crippen molar-refractivity contribution in [2.75, 3.05) is 27.4 Å². The molecule has 0 atom stereocenters. The van der Waals surface area contributed by atoms with Crippen LogP contribution in [0, 0.1) is 14.9 Å². The second kappa shape index (κ2) is 11.8. The topological polar surface area (TPSA) is 80.6 Å². The summed E-state index contributed by atoms with van der Waals surface area (Å²) in [7, 11) is 3.09. The van der Waals surface area contributed by atoms with Crippen LogP contribution in [0.3, 0.4) is 0 Å². The Balaban J connectivity index is 2.20. The summed E-state index contributed by atoms with van der Waals surface area (Å²) >= 11 is 5.56. The van der Waals surface area contributed by atoms with E-state index in [1.807, 2.05) is 36.4 Å². The number of carbonyl (C=O) groups is 1. The molecule has 0 saturated heterocycles. The van der Waals surface area contributed by atoms with Gasteiger partial charge in [0.1, 0.15) is 18.2 Å². The highest BCUT2D eigenvalue weighted by Gasteiger charge is 2.14. The van der Waals surface area contributed by atoms with E-state index in [0.717, 1.165) is 13.6 Å². The summed E-state index contributed by atoms with van der Waals surface area (Å²) in [6.45, 7) is 1.10. The maximum atomic E-state index is 12.1. The zero-order valence-corrected chi connectivity index (χ0v) is 19.7.